The van der Waals surface area contributed by atoms with Crippen LogP contribution >= 0.6 is 0 Å². The molecule has 1 aliphatic heterocycles. The van der Waals surface area contributed by atoms with Gasteiger partial charge < -0.3 is 5.32 Å². The Morgan fingerprint density at radius 3 is 3.06 bits per heavy atom. The fourth-order valence-electron chi connectivity index (χ4n) is 2.12. The second-order valence-electron chi connectivity index (χ2n) is 4.74. The first-order valence-electron chi connectivity index (χ1n) is 6.01. The molecule has 1 aliphatic rings. The van der Waals surface area contributed by atoms with Gasteiger partial charge in [0.1, 0.15) is 12.2 Å². The molecule has 90 valence electrons. The van der Waals surface area contributed by atoms with E-state index in [0.29, 0.717) is 12.1 Å². The minimum absolute atomic E-state index is 0.385. The summed E-state index contributed by atoms with van der Waals surface area (Å²) in [5.41, 5.74) is 0. The van der Waals surface area contributed by atoms with E-state index in [-0.39, 0.29) is 0 Å². The Hall–Kier alpha value is -0.940. The second-order valence-corrected chi connectivity index (χ2v) is 4.74. The first-order chi connectivity index (χ1) is 7.68. The van der Waals surface area contributed by atoms with E-state index in [1.54, 1.807) is 6.33 Å². The van der Waals surface area contributed by atoms with Crippen LogP contribution in [0.4, 0.5) is 0 Å². The molecule has 1 fully saturated rings. The molecule has 0 bridgehead atoms. The molecule has 0 aliphatic carbocycles. The maximum Gasteiger partial charge on any atom is 0.141 e. The van der Waals surface area contributed by atoms with Crippen molar-refractivity contribution >= 4 is 0 Å². The first kappa shape index (κ1) is 11.5. The summed E-state index contributed by atoms with van der Waals surface area (Å²) in [4.78, 5) is 6.81. The Morgan fingerprint density at radius 1 is 1.56 bits per heavy atom. The predicted octanol–water partition coefficient (Wildman–Crippen LogP) is 0.653. The highest BCUT2D eigenvalue weighted by Gasteiger charge is 2.20. The van der Waals surface area contributed by atoms with Crippen molar-refractivity contribution in [2.45, 2.75) is 39.4 Å². The average Bonchev–Trinajstić information content (AvgIpc) is 2.69. The van der Waals surface area contributed by atoms with Crippen molar-refractivity contribution < 1.29 is 0 Å². The van der Waals surface area contributed by atoms with E-state index >= 15 is 0 Å². The summed E-state index contributed by atoms with van der Waals surface area (Å²) in [5.74, 6) is 1.07. The van der Waals surface area contributed by atoms with Gasteiger partial charge in [-0.05, 0) is 20.8 Å². The molecule has 0 aromatic carbocycles. The van der Waals surface area contributed by atoms with Crippen LogP contribution in [-0.4, -0.2) is 45.3 Å². The molecule has 2 heterocycles. The SMILES string of the molecule is CC1CNCCN1Cc1ncnn1C(C)C. The highest BCUT2D eigenvalue weighted by molar-refractivity contribution is 4.89. The third-order valence-corrected chi connectivity index (χ3v) is 3.12. The summed E-state index contributed by atoms with van der Waals surface area (Å²) >= 11 is 0. The van der Waals surface area contributed by atoms with E-state index in [1.165, 1.54) is 0 Å². The first-order valence-corrected chi connectivity index (χ1v) is 6.01. The lowest BCUT2D eigenvalue weighted by Crippen LogP contribution is -2.49. The number of nitrogens with one attached hydrogen (secondary N) is 1. The highest BCUT2D eigenvalue weighted by atomic mass is 15.4. The minimum Gasteiger partial charge on any atom is -0.314 e. The molecule has 1 unspecified atom stereocenters. The molecule has 0 radical (unpaired) electrons. The zero-order valence-corrected chi connectivity index (χ0v) is 10.3. The molecule has 2 rings (SSSR count). The molecule has 5 heteroatoms. The van der Waals surface area contributed by atoms with Gasteiger partial charge in [-0.25, -0.2) is 9.67 Å². The third kappa shape index (κ3) is 2.41. The molecule has 0 saturated carbocycles. The molecule has 16 heavy (non-hydrogen) atoms. The number of aromatic nitrogens is 3. The van der Waals surface area contributed by atoms with Crippen molar-refractivity contribution in [3.63, 3.8) is 0 Å². The zero-order valence-electron chi connectivity index (χ0n) is 10.3. The van der Waals surface area contributed by atoms with Crippen molar-refractivity contribution in [2.24, 2.45) is 0 Å². The molecule has 1 saturated heterocycles. The van der Waals surface area contributed by atoms with Crippen LogP contribution < -0.4 is 5.32 Å². The van der Waals surface area contributed by atoms with E-state index in [9.17, 15) is 0 Å². The topological polar surface area (TPSA) is 46.0 Å². The highest BCUT2D eigenvalue weighted by Crippen LogP contribution is 2.11. The molecule has 0 amide bonds. The Labute approximate surface area is 96.8 Å². The van der Waals surface area contributed by atoms with Crippen LogP contribution in [0, 0.1) is 0 Å². The fraction of sp³-hybridized carbons (Fsp3) is 0.818. The molecule has 1 atom stereocenters. The summed E-state index contributed by atoms with van der Waals surface area (Å²) in [5, 5.41) is 7.67. The van der Waals surface area contributed by atoms with Gasteiger partial charge in [0.2, 0.25) is 0 Å². The fourth-order valence-corrected chi connectivity index (χ4v) is 2.12. The van der Waals surface area contributed by atoms with Gasteiger partial charge >= 0.3 is 0 Å². The Bertz CT molecular complexity index is 333. The molecule has 5 nitrogen and oxygen atoms in total. The molecule has 1 aromatic heterocycles. The van der Waals surface area contributed by atoms with Crippen molar-refractivity contribution in [3.05, 3.63) is 12.2 Å². The lowest BCUT2D eigenvalue weighted by atomic mass is 10.2. The smallest absolute Gasteiger partial charge is 0.141 e. The van der Waals surface area contributed by atoms with E-state index < -0.39 is 0 Å². The van der Waals surface area contributed by atoms with Crippen LogP contribution in [0.15, 0.2) is 6.33 Å². The van der Waals surface area contributed by atoms with E-state index in [0.717, 1.165) is 32.0 Å². The molecule has 1 aromatic rings. The van der Waals surface area contributed by atoms with Crippen LogP contribution in [0.1, 0.15) is 32.6 Å². The number of nitrogens with zero attached hydrogens (tertiary/aromatic N) is 4. The minimum atomic E-state index is 0.385. The normalized spacial score (nSPS) is 22.9. The van der Waals surface area contributed by atoms with Gasteiger partial charge in [-0.1, -0.05) is 0 Å². The predicted molar refractivity (Wildman–Crippen MR) is 63.1 cm³/mol. The van der Waals surface area contributed by atoms with Gasteiger partial charge in [0.25, 0.3) is 0 Å². The van der Waals surface area contributed by atoms with Crippen LogP contribution in [0.3, 0.4) is 0 Å². The standard InChI is InChI=1S/C11H21N5/c1-9(2)16-11(13-8-14-16)7-15-5-4-12-6-10(15)3/h8-10,12H,4-7H2,1-3H3. The van der Waals surface area contributed by atoms with Crippen molar-refractivity contribution in [3.8, 4) is 0 Å². The second kappa shape index (κ2) is 4.93. The quantitative estimate of drug-likeness (QED) is 0.817. The maximum absolute atomic E-state index is 4.36. The summed E-state index contributed by atoms with van der Waals surface area (Å²) in [7, 11) is 0. The Balaban J connectivity index is 2.04. The Kier molecular flexibility index (Phi) is 3.56. The van der Waals surface area contributed by atoms with Crippen LogP contribution in [-0.2, 0) is 6.54 Å². The number of rotatable bonds is 3. The average molecular weight is 223 g/mol. The summed E-state index contributed by atoms with van der Waals surface area (Å²) < 4.78 is 2.01. The van der Waals surface area contributed by atoms with Gasteiger partial charge in [0, 0.05) is 31.7 Å². The maximum atomic E-state index is 4.36. The largest absolute Gasteiger partial charge is 0.314 e. The van der Waals surface area contributed by atoms with E-state index in [2.05, 4.69) is 41.1 Å². The third-order valence-electron chi connectivity index (χ3n) is 3.12. The summed E-state index contributed by atoms with van der Waals surface area (Å²) in [6.45, 7) is 10.7. The van der Waals surface area contributed by atoms with Gasteiger partial charge in [0.15, 0.2) is 0 Å². The van der Waals surface area contributed by atoms with Crippen molar-refractivity contribution in [2.75, 3.05) is 19.6 Å². The zero-order chi connectivity index (χ0) is 11.5. The number of piperazine rings is 1. The Morgan fingerprint density at radius 2 is 2.38 bits per heavy atom. The van der Waals surface area contributed by atoms with Gasteiger partial charge in [-0.3, -0.25) is 4.90 Å². The molecular formula is C11H21N5. The number of hydrogen-bond acceptors (Lipinski definition) is 4. The van der Waals surface area contributed by atoms with Gasteiger partial charge in [0.05, 0.1) is 6.54 Å². The van der Waals surface area contributed by atoms with Gasteiger partial charge in [-0.2, -0.15) is 5.10 Å². The van der Waals surface area contributed by atoms with Crippen molar-refractivity contribution in [1.82, 2.24) is 25.0 Å². The van der Waals surface area contributed by atoms with Crippen molar-refractivity contribution in [1.29, 1.82) is 0 Å². The summed E-state index contributed by atoms with van der Waals surface area (Å²) in [6.07, 6.45) is 1.65. The molecular weight excluding hydrogens is 202 g/mol. The molecule has 0 spiro atoms. The van der Waals surface area contributed by atoms with Gasteiger partial charge in [-0.15, -0.1) is 0 Å². The van der Waals surface area contributed by atoms with E-state index in [4.69, 9.17) is 0 Å². The lowest BCUT2D eigenvalue weighted by Gasteiger charge is -2.33. The van der Waals surface area contributed by atoms with Crippen LogP contribution in [0.2, 0.25) is 0 Å². The van der Waals surface area contributed by atoms with Crippen LogP contribution in [0.25, 0.3) is 0 Å². The lowest BCUT2D eigenvalue weighted by molar-refractivity contribution is 0.158. The van der Waals surface area contributed by atoms with Crippen LogP contribution in [0.5, 0.6) is 0 Å². The van der Waals surface area contributed by atoms with E-state index in [1.807, 2.05) is 4.68 Å². The number of hydrogen-bond donors (Lipinski definition) is 1. The summed E-state index contributed by atoms with van der Waals surface area (Å²) in [6, 6.07) is 0.960. The molecule has 1 N–H and O–H groups in total. The monoisotopic (exact) mass is 223 g/mol.